The summed E-state index contributed by atoms with van der Waals surface area (Å²) < 4.78 is 3.86. The van der Waals surface area contributed by atoms with E-state index in [1.807, 2.05) is 6.92 Å². The van der Waals surface area contributed by atoms with Gasteiger partial charge in [-0.05, 0) is 105 Å². The molecule has 3 saturated carbocycles. The minimum absolute atomic E-state index is 0.246. The molecule has 204 valence electrons. The molecule has 0 aromatic rings. The Kier molecular flexibility index (Phi) is 11.6. The molecule has 0 radical (unpaired) electrons. The van der Waals surface area contributed by atoms with E-state index in [-0.39, 0.29) is 5.91 Å². The molecule has 0 aromatic heterocycles. The Bertz CT molecular complexity index is 662. The third-order valence-electron chi connectivity index (χ3n) is 11.1. The first kappa shape index (κ1) is 30.2. The molecule has 1 amide bonds. The summed E-state index contributed by atoms with van der Waals surface area (Å²) in [5.74, 6) is 3.81. The van der Waals surface area contributed by atoms with Gasteiger partial charge in [-0.1, -0.05) is 60.3 Å². The van der Waals surface area contributed by atoms with Gasteiger partial charge in [-0.3, -0.25) is 9.59 Å². The molecular formula is C31H57NO3. The summed E-state index contributed by atoms with van der Waals surface area (Å²) in [4.78, 5) is 20.9. The van der Waals surface area contributed by atoms with Crippen molar-refractivity contribution in [3.63, 3.8) is 0 Å². The molecule has 5 unspecified atom stereocenters. The number of ether oxygens (including phenoxy) is 1. The summed E-state index contributed by atoms with van der Waals surface area (Å²) in [7, 11) is 1.31. The van der Waals surface area contributed by atoms with Crippen LogP contribution < -0.4 is 5.32 Å². The van der Waals surface area contributed by atoms with Crippen LogP contribution in [0.1, 0.15) is 131 Å². The number of methoxy groups -OCH3 is 1. The molecule has 3 aliphatic carbocycles. The minimum Gasteiger partial charge on any atom is -0.471 e. The second-order valence-corrected chi connectivity index (χ2v) is 13.1. The number of carbonyl (C=O) groups is 2. The van der Waals surface area contributed by atoms with E-state index < -0.39 is 0 Å². The summed E-state index contributed by atoms with van der Waals surface area (Å²) in [6.07, 6.45) is 18.8. The van der Waals surface area contributed by atoms with Crippen LogP contribution in [-0.2, 0) is 14.3 Å². The minimum atomic E-state index is 0.246. The third kappa shape index (κ3) is 7.04. The molecule has 6 atom stereocenters. The Hall–Kier alpha value is -1.06. The topological polar surface area (TPSA) is 55.4 Å². The summed E-state index contributed by atoms with van der Waals surface area (Å²) in [6.45, 7) is 16.1. The molecule has 0 aliphatic heterocycles. The zero-order valence-electron chi connectivity index (χ0n) is 24.2. The van der Waals surface area contributed by atoms with Gasteiger partial charge in [0.05, 0.1) is 7.11 Å². The number of rotatable bonds is 10. The molecule has 3 fully saturated rings. The van der Waals surface area contributed by atoms with Gasteiger partial charge in [-0.2, -0.15) is 0 Å². The average molecular weight is 492 g/mol. The maximum atomic E-state index is 11.9. The van der Waals surface area contributed by atoms with Gasteiger partial charge in [0.15, 0.2) is 0 Å². The van der Waals surface area contributed by atoms with Crippen LogP contribution in [0.25, 0.3) is 0 Å². The van der Waals surface area contributed by atoms with Gasteiger partial charge in [0.2, 0.25) is 5.91 Å². The van der Waals surface area contributed by atoms with Crippen molar-refractivity contribution in [2.45, 2.75) is 131 Å². The van der Waals surface area contributed by atoms with E-state index in [9.17, 15) is 4.79 Å². The van der Waals surface area contributed by atoms with Gasteiger partial charge in [-0.15, -0.1) is 0 Å². The first-order valence-corrected chi connectivity index (χ1v) is 14.8. The highest BCUT2D eigenvalue weighted by Gasteiger charge is 2.58. The zero-order chi connectivity index (χ0) is 26.1. The summed E-state index contributed by atoms with van der Waals surface area (Å²) in [5, 5.41) is 2.98. The van der Waals surface area contributed by atoms with Crippen molar-refractivity contribution in [1.82, 2.24) is 5.32 Å². The number of amides is 1. The van der Waals surface area contributed by atoms with Gasteiger partial charge < -0.3 is 10.1 Å². The first-order valence-electron chi connectivity index (χ1n) is 14.8. The zero-order valence-corrected chi connectivity index (χ0v) is 24.2. The van der Waals surface area contributed by atoms with Gasteiger partial charge in [0, 0.05) is 13.0 Å². The smallest absolute Gasteiger partial charge is 0.292 e. The highest BCUT2D eigenvalue weighted by molar-refractivity contribution is 5.75. The van der Waals surface area contributed by atoms with Crippen LogP contribution in [0.15, 0.2) is 0 Å². The van der Waals surface area contributed by atoms with E-state index in [0.717, 1.165) is 43.1 Å². The molecule has 4 heteroatoms. The van der Waals surface area contributed by atoms with E-state index in [1.165, 1.54) is 84.2 Å². The van der Waals surface area contributed by atoms with Crippen LogP contribution in [0.4, 0.5) is 0 Å². The lowest BCUT2D eigenvalue weighted by molar-refractivity contribution is -0.126. The Morgan fingerprint density at radius 2 is 1.66 bits per heavy atom. The second kappa shape index (κ2) is 13.5. The lowest BCUT2D eigenvalue weighted by Gasteiger charge is -2.55. The molecule has 0 aromatic carbocycles. The maximum Gasteiger partial charge on any atom is 0.292 e. The van der Waals surface area contributed by atoms with Crippen LogP contribution in [0.5, 0.6) is 0 Å². The number of nitrogens with one attached hydrogen (secondary N) is 1. The van der Waals surface area contributed by atoms with Crippen molar-refractivity contribution in [3.05, 3.63) is 0 Å². The van der Waals surface area contributed by atoms with Crippen LogP contribution in [0.2, 0.25) is 0 Å². The predicted octanol–water partition coefficient (Wildman–Crippen LogP) is 7.94. The Morgan fingerprint density at radius 1 is 0.971 bits per heavy atom. The first-order chi connectivity index (χ1) is 16.6. The van der Waals surface area contributed by atoms with Gasteiger partial charge >= 0.3 is 0 Å². The van der Waals surface area contributed by atoms with Crippen molar-refractivity contribution in [2.24, 2.45) is 39.9 Å². The molecule has 3 rings (SSSR count). The Morgan fingerprint density at radius 3 is 2.26 bits per heavy atom. The predicted molar refractivity (Wildman–Crippen MR) is 146 cm³/mol. The van der Waals surface area contributed by atoms with Crippen molar-refractivity contribution in [3.8, 4) is 0 Å². The summed E-state index contributed by atoms with van der Waals surface area (Å²) in [5.41, 5.74) is 1.53. The highest BCUT2D eigenvalue weighted by atomic mass is 16.5. The molecule has 0 spiro atoms. The van der Waals surface area contributed by atoms with Crippen LogP contribution in [0.3, 0.4) is 0 Å². The average Bonchev–Trinajstić information content (AvgIpc) is 3.09. The monoisotopic (exact) mass is 491 g/mol. The van der Waals surface area contributed by atoms with Crippen LogP contribution in [0, 0.1) is 39.9 Å². The SMILES string of the molecule is CCNC(=O)CCCC1CCC2(C)C(C[C@H](CC)C3CCCCC3(C)C)CCCC12C.COC=O. The van der Waals surface area contributed by atoms with E-state index in [1.54, 1.807) is 0 Å². The second-order valence-electron chi connectivity index (χ2n) is 13.1. The normalized spacial score (nSPS) is 34.7. The van der Waals surface area contributed by atoms with E-state index >= 15 is 0 Å². The third-order valence-corrected chi connectivity index (χ3v) is 11.1. The fraction of sp³-hybridized carbons (Fsp3) is 0.935. The number of hydrogen-bond donors (Lipinski definition) is 1. The van der Waals surface area contributed by atoms with Crippen molar-refractivity contribution in [2.75, 3.05) is 13.7 Å². The van der Waals surface area contributed by atoms with Crippen LogP contribution >= 0.6 is 0 Å². The van der Waals surface area contributed by atoms with Crippen LogP contribution in [-0.4, -0.2) is 26.0 Å². The largest absolute Gasteiger partial charge is 0.471 e. The molecule has 3 aliphatic rings. The highest BCUT2D eigenvalue weighted by Crippen LogP contribution is 2.67. The maximum absolute atomic E-state index is 11.9. The Labute approximate surface area is 217 Å². The van der Waals surface area contributed by atoms with Crippen molar-refractivity contribution >= 4 is 12.4 Å². The number of carbonyl (C=O) groups excluding carboxylic acids is 2. The lowest BCUT2D eigenvalue weighted by Crippen LogP contribution is -2.47. The Balaban J connectivity index is 0.00000100. The van der Waals surface area contributed by atoms with Gasteiger partial charge in [-0.25, -0.2) is 0 Å². The van der Waals surface area contributed by atoms with Gasteiger partial charge in [0.1, 0.15) is 0 Å². The fourth-order valence-electron chi connectivity index (χ4n) is 8.75. The quantitative estimate of drug-likeness (QED) is 0.316. The van der Waals surface area contributed by atoms with E-state index in [2.05, 4.69) is 44.7 Å². The fourth-order valence-corrected chi connectivity index (χ4v) is 8.75. The number of hydrogen-bond acceptors (Lipinski definition) is 3. The van der Waals surface area contributed by atoms with E-state index in [0.29, 0.717) is 22.7 Å². The van der Waals surface area contributed by atoms with E-state index in [4.69, 9.17) is 4.79 Å². The number of fused-ring (bicyclic) bond motifs is 1. The molecular weight excluding hydrogens is 434 g/mol. The van der Waals surface area contributed by atoms with Crippen molar-refractivity contribution < 1.29 is 14.3 Å². The summed E-state index contributed by atoms with van der Waals surface area (Å²) in [6, 6.07) is 0. The molecule has 35 heavy (non-hydrogen) atoms. The standard InChI is InChI=1S/C29H53NO.C2H4O2/c1-7-22(25-15-9-10-18-27(25,3)4)21-24-14-12-19-28(5)23(17-20-29(24,28)6)13-11-16-26(31)30-8-2;1-4-2-3/h22-25H,7-21H2,1-6H3,(H,30,31);2H,1H3/t22-,23?,24?,25?,28?,29?;/m0./s1. The lowest BCUT2D eigenvalue weighted by atomic mass is 9.50. The van der Waals surface area contributed by atoms with Crippen molar-refractivity contribution in [1.29, 1.82) is 0 Å². The van der Waals surface area contributed by atoms with Gasteiger partial charge in [0.25, 0.3) is 6.47 Å². The molecule has 0 bridgehead atoms. The molecule has 0 heterocycles. The molecule has 1 N–H and O–H groups in total. The summed E-state index contributed by atoms with van der Waals surface area (Å²) >= 11 is 0. The molecule has 4 nitrogen and oxygen atoms in total. The molecule has 0 saturated heterocycles.